The average Bonchev–Trinajstić information content (AvgIpc) is 2.13. The summed E-state index contributed by atoms with van der Waals surface area (Å²) in [4.78, 5) is 0. The molecule has 0 bridgehead atoms. The second kappa shape index (κ2) is 5.35. The zero-order valence-electron chi connectivity index (χ0n) is 7.92. The first kappa shape index (κ1) is 11.5. The van der Waals surface area contributed by atoms with Gasteiger partial charge in [-0.15, -0.1) is 0 Å². The van der Waals surface area contributed by atoms with E-state index in [9.17, 15) is 8.78 Å². The van der Waals surface area contributed by atoms with E-state index in [0.29, 0.717) is 0 Å². The molecule has 1 rings (SSSR count). The van der Waals surface area contributed by atoms with Crippen molar-refractivity contribution in [3.8, 4) is 0 Å². The highest BCUT2D eigenvalue weighted by atomic mass is 32.1. The second-order valence-corrected chi connectivity index (χ2v) is 3.02. The Kier molecular flexibility index (Phi) is 4.11. The highest BCUT2D eigenvalue weighted by molar-refractivity contribution is 7.80. The molecule has 0 aliphatic heterocycles. The van der Waals surface area contributed by atoms with Crippen molar-refractivity contribution in [2.75, 3.05) is 5.32 Å². The number of hydrogen-bond donors (Lipinski definition) is 2. The van der Waals surface area contributed by atoms with Crippen LogP contribution in [0.5, 0.6) is 0 Å². The molecule has 1 aromatic rings. The van der Waals surface area contributed by atoms with Crippen LogP contribution in [-0.2, 0) is 0 Å². The molecule has 0 spiro atoms. The number of rotatable bonds is 2. The fourth-order valence-corrected chi connectivity index (χ4v) is 1.08. The van der Waals surface area contributed by atoms with Crippen molar-refractivity contribution in [1.29, 1.82) is 0 Å². The maximum atomic E-state index is 12.8. The molecule has 0 radical (unpaired) electrons. The fourth-order valence-electron chi connectivity index (χ4n) is 0.908. The minimum absolute atomic E-state index is 0.165. The summed E-state index contributed by atoms with van der Waals surface area (Å²) in [5.74, 6) is -1.33. The molecule has 80 valence electrons. The Bertz CT molecular complexity index is 373. The highest BCUT2D eigenvalue weighted by Crippen LogP contribution is 2.12. The van der Waals surface area contributed by atoms with Crippen molar-refractivity contribution < 1.29 is 8.78 Å². The summed E-state index contributed by atoms with van der Waals surface area (Å²) in [5.41, 5.74) is 2.70. The summed E-state index contributed by atoms with van der Waals surface area (Å²) in [6.07, 6.45) is 1.50. The van der Waals surface area contributed by atoms with Crippen LogP contribution in [0, 0.1) is 11.6 Å². The van der Waals surface area contributed by atoms with Crippen molar-refractivity contribution >= 4 is 29.2 Å². The van der Waals surface area contributed by atoms with Crippen molar-refractivity contribution in [2.45, 2.75) is 6.92 Å². The van der Waals surface area contributed by atoms with Crippen LogP contribution in [0.15, 0.2) is 23.3 Å². The van der Waals surface area contributed by atoms with Crippen LogP contribution in [-0.4, -0.2) is 11.3 Å². The van der Waals surface area contributed by atoms with Crippen LogP contribution in [0.2, 0.25) is 0 Å². The molecular weight excluding hydrogens is 220 g/mol. The highest BCUT2D eigenvalue weighted by Gasteiger charge is 2.01. The van der Waals surface area contributed by atoms with Gasteiger partial charge in [-0.2, -0.15) is 5.10 Å². The fraction of sp³-hybridized carbons (Fsp3) is 0.111. The SMILES string of the molecule is C/C=N/NC(=S)Nc1cc(F)cc(F)c1. The minimum atomic E-state index is -0.667. The normalized spacial score (nSPS) is 10.3. The largest absolute Gasteiger partial charge is 0.331 e. The van der Waals surface area contributed by atoms with Gasteiger partial charge in [-0.25, -0.2) is 8.78 Å². The van der Waals surface area contributed by atoms with Crippen LogP contribution in [0.1, 0.15) is 6.92 Å². The predicted molar refractivity (Wildman–Crippen MR) is 59.9 cm³/mol. The Balaban J connectivity index is 2.68. The molecule has 0 aromatic heterocycles. The molecule has 0 saturated heterocycles. The summed E-state index contributed by atoms with van der Waals surface area (Å²) < 4.78 is 25.5. The third-order valence-electron chi connectivity index (χ3n) is 1.42. The van der Waals surface area contributed by atoms with E-state index >= 15 is 0 Å². The number of hydrogen-bond acceptors (Lipinski definition) is 2. The van der Waals surface area contributed by atoms with Gasteiger partial charge in [-0.05, 0) is 31.3 Å². The van der Waals surface area contributed by atoms with E-state index in [2.05, 4.69) is 15.8 Å². The third-order valence-corrected chi connectivity index (χ3v) is 1.61. The molecule has 0 heterocycles. The van der Waals surface area contributed by atoms with Gasteiger partial charge in [0.2, 0.25) is 0 Å². The first-order valence-corrected chi connectivity index (χ1v) is 4.53. The van der Waals surface area contributed by atoms with E-state index in [4.69, 9.17) is 12.2 Å². The molecule has 1 aromatic carbocycles. The van der Waals surface area contributed by atoms with E-state index in [1.54, 1.807) is 6.92 Å². The van der Waals surface area contributed by atoms with Crippen LogP contribution < -0.4 is 10.7 Å². The van der Waals surface area contributed by atoms with E-state index in [1.807, 2.05) is 0 Å². The number of anilines is 1. The van der Waals surface area contributed by atoms with Crippen LogP contribution >= 0.6 is 12.2 Å². The first-order valence-electron chi connectivity index (χ1n) is 4.12. The van der Waals surface area contributed by atoms with Gasteiger partial charge < -0.3 is 5.32 Å². The van der Waals surface area contributed by atoms with Gasteiger partial charge in [-0.3, -0.25) is 5.43 Å². The lowest BCUT2D eigenvalue weighted by Gasteiger charge is -2.06. The molecule has 0 aliphatic rings. The zero-order chi connectivity index (χ0) is 11.3. The van der Waals surface area contributed by atoms with Crippen molar-refractivity contribution in [3.05, 3.63) is 29.8 Å². The molecule has 0 atom stereocenters. The molecule has 2 N–H and O–H groups in total. The molecule has 3 nitrogen and oxygen atoms in total. The predicted octanol–water partition coefficient (Wildman–Crippen LogP) is 2.26. The summed E-state index contributed by atoms with van der Waals surface area (Å²) in [5, 5.41) is 6.40. The molecule has 6 heteroatoms. The number of nitrogens with zero attached hydrogens (tertiary/aromatic N) is 1. The number of halogens is 2. The summed E-state index contributed by atoms with van der Waals surface area (Å²) >= 11 is 4.81. The maximum Gasteiger partial charge on any atom is 0.191 e. The van der Waals surface area contributed by atoms with Crippen LogP contribution in [0.3, 0.4) is 0 Å². The number of hydrazone groups is 1. The summed E-state index contributed by atoms with van der Waals surface area (Å²) in [7, 11) is 0. The van der Waals surface area contributed by atoms with Crippen molar-refractivity contribution in [1.82, 2.24) is 5.43 Å². The van der Waals surface area contributed by atoms with Crippen LogP contribution in [0.4, 0.5) is 14.5 Å². The smallest absolute Gasteiger partial charge is 0.191 e. The topological polar surface area (TPSA) is 36.4 Å². The second-order valence-electron chi connectivity index (χ2n) is 2.61. The van der Waals surface area contributed by atoms with Gasteiger partial charge in [-0.1, -0.05) is 0 Å². The summed E-state index contributed by atoms with van der Waals surface area (Å²) in [6, 6.07) is 3.05. The Hall–Kier alpha value is -1.56. The average molecular weight is 229 g/mol. The Morgan fingerprint density at radius 3 is 2.47 bits per heavy atom. The quantitative estimate of drug-likeness (QED) is 0.464. The molecular formula is C9H9F2N3S. The van der Waals surface area contributed by atoms with Gasteiger partial charge in [0.1, 0.15) is 11.6 Å². The monoisotopic (exact) mass is 229 g/mol. The molecule has 0 amide bonds. The maximum absolute atomic E-state index is 12.8. The minimum Gasteiger partial charge on any atom is -0.331 e. The molecule has 0 saturated carbocycles. The third kappa shape index (κ3) is 3.99. The molecule has 15 heavy (non-hydrogen) atoms. The zero-order valence-corrected chi connectivity index (χ0v) is 8.74. The van der Waals surface area contributed by atoms with E-state index in [0.717, 1.165) is 18.2 Å². The van der Waals surface area contributed by atoms with Gasteiger partial charge >= 0.3 is 0 Å². The first-order chi connectivity index (χ1) is 7.11. The lowest BCUT2D eigenvalue weighted by molar-refractivity contribution is 0.584. The van der Waals surface area contributed by atoms with E-state index in [-0.39, 0.29) is 10.8 Å². The van der Waals surface area contributed by atoms with Crippen molar-refractivity contribution in [2.24, 2.45) is 5.10 Å². The van der Waals surface area contributed by atoms with Crippen molar-refractivity contribution in [3.63, 3.8) is 0 Å². The molecule has 0 fully saturated rings. The van der Waals surface area contributed by atoms with E-state index in [1.165, 1.54) is 6.21 Å². The Labute approximate surface area is 91.2 Å². The van der Waals surface area contributed by atoms with Gasteiger partial charge in [0.05, 0.1) is 0 Å². The van der Waals surface area contributed by atoms with Crippen LogP contribution in [0.25, 0.3) is 0 Å². The van der Waals surface area contributed by atoms with Gasteiger partial charge in [0.15, 0.2) is 5.11 Å². The van der Waals surface area contributed by atoms with Gasteiger partial charge in [0, 0.05) is 18.0 Å². The lowest BCUT2D eigenvalue weighted by atomic mass is 10.3. The standard InChI is InChI=1S/C9H9F2N3S/c1-2-12-14-9(15)13-8-4-6(10)3-7(11)5-8/h2-5H,1H3,(H2,13,14,15)/b12-2+. The number of benzene rings is 1. The van der Waals surface area contributed by atoms with Gasteiger partial charge in [0.25, 0.3) is 0 Å². The lowest BCUT2D eigenvalue weighted by Crippen LogP contribution is -2.23. The molecule has 0 aliphatic carbocycles. The Morgan fingerprint density at radius 2 is 1.93 bits per heavy atom. The Morgan fingerprint density at radius 1 is 1.33 bits per heavy atom. The molecule has 0 unspecified atom stereocenters. The van der Waals surface area contributed by atoms with E-state index < -0.39 is 11.6 Å². The number of nitrogens with one attached hydrogen (secondary N) is 2. The summed E-state index contributed by atoms with van der Waals surface area (Å²) in [6.45, 7) is 1.71. The number of thiocarbonyl (C=S) groups is 1.